The molecule has 10 nitrogen and oxygen atoms in total. The van der Waals surface area contributed by atoms with Gasteiger partial charge < -0.3 is 20.3 Å². The quantitative estimate of drug-likeness (QED) is 0.479. The van der Waals surface area contributed by atoms with Crippen LogP contribution in [0.3, 0.4) is 0 Å². The van der Waals surface area contributed by atoms with Gasteiger partial charge in [0.15, 0.2) is 0 Å². The van der Waals surface area contributed by atoms with E-state index in [1.54, 1.807) is 4.90 Å². The Morgan fingerprint density at radius 1 is 1.03 bits per heavy atom. The maximum atomic E-state index is 13.6. The van der Waals surface area contributed by atoms with Crippen molar-refractivity contribution in [2.45, 2.75) is 71.5 Å². The molecule has 2 N–H and O–H groups in total. The minimum absolute atomic E-state index is 0.0668. The lowest BCUT2D eigenvalue weighted by Crippen LogP contribution is -2.59. The van der Waals surface area contributed by atoms with Crippen molar-refractivity contribution in [3.05, 3.63) is 24.3 Å². The zero-order valence-corrected chi connectivity index (χ0v) is 21.2. The molecule has 2 heterocycles. The summed E-state index contributed by atoms with van der Waals surface area (Å²) >= 11 is 0. The molecule has 35 heavy (non-hydrogen) atoms. The summed E-state index contributed by atoms with van der Waals surface area (Å²) in [5.74, 6) is -1.48. The van der Waals surface area contributed by atoms with Crippen molar-refractivity contribution >= 4 is 23.7 Å². The van der Waals surface area contributed by atoms with Crippen LogP contribution in [-0.2, 0) is 19.1 Å². The second kappa shape index (κ2) is 11.6. The van der Waals surface area contributed by atoms with Crippen LogP contribution < -0.4 is 10.6 Å². The number of carbonyl (C=O) groups is 4. The molecule has 4 unspecified atom stereocenters. The van der Waals surface area contributed by atoms with Crippen LogP contribution in [0.4, 0.5) is 0 Å². The molecule has 10 heteroatoms. The van der Waals surface area contributed by atoms with E-state index in [2.05, 4.69) is 20.6 Å². The first-order valence-electron chi connectivity index (χ1n) is 12.4. The van der Waals surface area contributed by atoms with E-state index in [9.17, 15) is 19.2 Å². The summed E-state index contributed by atoms with van der Waals surface area (Å²) in [6.45, 7) is 7.76. The Morgan fingerprint density at radius 3 is 2.26 bits per heavy atom. The van der Waals surface area contributed by atoms with E-state index in [1.807, 2.05) is 27.7 Å². The Balaban J connectivity index is 1.73. The van der Waals surface area contributed by atoms with Gasteiger partial charge in [0, 0.05) is 18.9 Å². The number of hydrogen-bond acceptors (Lipinski definition) is 7. The van der Waals surface area contributed by atoms with Crippen LogP contribution in [0.5, 0.6) is 0 Å². The van der Waals surface area contributed by atoms with Gasteiger partial charge in [0.05, 0.1) is 13.3 Å². The summed E-state index contributed by atoms with van der Waals surface area (Å²) in [5.41, 5.74) is 0.0992. The molecule has 1 aliphatic carbocycles. The van der Waals surface area contributed by atoms with Gasteiger partial charge in [-0.1, -0.05) is 40.5 Å². The number of nitrogens with one attached hydrogen (secondary N) is 2. The molecule has 1 saturated heterocycles. The van der Waals surface area contributed by atoms with Gasteiger partial charge in [-0.3, -0.25) is 19.4 Å². The molecule has 0 aromatic carbocycles. The van der Waals surface area contributed by atoms with Gasteiger partial charge in [-0.25, -0.2) is 9.78 Å². The lowest BCUT2D eigenvalue weighted by Gasteiger charge is -2.32. The molecule has 2 fully saturated rings. The molecule has 1 aromatic heterocycles. The highest BCUT2D eigenvalue weighted by Crippen LogP contribution is 2.40. The summed E-state index contributed by atoms with van der Waals surface area (Å²) in [7, 11) is 1.34. The highest BCUT2D eigenvalue weighted by molar-refractivity contribution is 5.97. The average Bonchev–Trinajstić information content (AvgIpc) is 3.56. The zero-order chi connectivity index (χ0) is 25.7. The number of carbonyl (C=O) groups excluding carboxylic acids is 4. The summed E-state index contributed by atoms with van der Waals surface area (Å²) in [6, 6.07) is -2.36. The molecule has 0 radical (unpaired) electrons. The molecule has 1 aromatic rings. The first kappa shape index (κ1) is 26.6. The number of hydrogen-bond donors (Lipinski definition) is 2. The zero-order valence-electron chi connectivity index (χ0n) is 21.2. The van der Waals surface area contributed by atoms with Crippen LogP contribution in [0, 0.1) is 23.7 Å². The number of ether oxygens (including phenoxy) is 1. The largest absolute Gasteiger partial charge is 0.467 e. The standard InChI is InChI=1S/C25H37N5O5/c1-14(2)19(28-22(31)18-13-26-9-10-27-18)23(32)29-20(15(3)4)24(33)30-11-8-17(12-16-6-7-16)21(30)25(34)35-5/h9-10,13-17,19-21H,6-8,11-12H2,1-5H3,(H,28,31)(H,29,32). The number of likely N-dealkylation sites (tertiary alicyclic amines) is 1. The number of nitrogens with zero attached hydrogens (tertiary/aromatic N) is 3. The third-order valence-electron chi connectivity index (χ3n) is 6.84. The molecule has 3 rings (SSSR count). The third-order valence-corrected chi connectivity index (χ3v) is 6.84. The Kier molecular flexibility index (Phi) is 8.80. The highest BCUT2D eigenvalue weighted by Gasteiger charge is 2.46. The van der Waals surface area contributed by atoms with Crippen molar-refractivity contribution in [1.29, 1.82) is 0 Å². The van der Waals surface area contributed by atoms with Crippen molar-refractivity contribution in [3.63, 3.8) is 0 Å². The van der Waals surface area contributed by atoms with Gasteiger partial charge in [-0.15, -0.1) is 0 Å². The van der Waals surface area contributed by atoms with Crippen molar-refractivity contribution in [2.24, 2.45) is 23.7 Å². The van der Waals surface area contributed by atoms with Crippen LogP contribution in [0.15, 0.2) is 18.6 Å². The number of rotatable bonds is 10. The van der Waals surface area contributed by atoms with Crippen LogP contribution in [0.2, 0.25) is 0 Å². The van der Waals surface area contributed by atoms with E-state index in [0.29, 0.717) is 12.5 Å². The van der Waals surface area contributed by atoms with Crippen LogP contribution in [0.1, 0.15) is 63.9 Å². The van der Waals surface area contributed by atoms with Gasteiger partial charge in [-0.2, -0.15) is 0 Å². The van der Waals surface area contributed by atoms with Crippen molar-refractivity contribution < 1.29 is 23.9 Å². The van der Waals surface area contributed by atoms with Crippen molar-refractivity contribution in [3.8, 4) is 0 Å². The molecule has 0 spiro atoms. The molecular formula is C25H37N5O5. The number of esters is 1. The second-order valence-electron chi connectivity index (χ2n) is 10.2. The lowest BCUT2D eigenvalue weighted by atomic mass is 9.93. The van der Waals surface area contributed by atoms with Crippen LogP contribution in [-0.4, -0.2) is 70.3 Å². The topological polar surface area (TPSA) is 131 Å². The van der Waals surface area contributed by atoms with Gasteiger partial charge in [0.2, 0.25) is 11.8 Å². The summed E-state index contributed by atoms with van der Waals surface area (Å²) in [4.78, 5) is 61.6. The fourth-order valence-electron chi connectivity index (χ4n) is 4.67. The first-order chi connectivity index (χ1) is 16.6. The summed E-state index contributed by atoms with van der Waals surface area (Å²) in [6.07, 6.45) is 8.16. The fraction of sp³-hybridized carbons (Fsp3) is 0.680. The van der Waals surface area contributed by atoms with Gasteiger partial charge in [0.1, 0.15) is 23.8 Å². The van der Waals surface area contributed by atoms with Gasteiger partial charge >= 0.3 is 5.97 Å². The normalized spacial score (nSPS) is 21.5. The molecule has 0 bridgehead atoms. The van der Waals surface area contributed by atoms with E-state index < -0.39 is 35.9 Å². The summed E-state index contributed by atoms with van der Waals surface area (Å²) in [5, 5.41) is 5.55. The lowest BCUT2D eigenvalue weighted by molar-refractivity contribution is -0.153. The SMILES string of the molecule is COC(=O)C1C(CC2CC2)CCN1C(=O)C(NC(=O)C(NC(=O)c1cnccn1)C(C)C)C(C)C. The van der Waals surface area contributed by atoms with Gasteiger partial charge in [-0.05, 0) is 36.5 Å². The Morgan fingerprint density at radius 2 is 1.71 bits per heavy atom. The molecular weight excluding hydrogens is 450 g/mol. The highest BCUT2D eigenvalue weighted by atomic mass is 16.5. The molecule has 192 valence electrons. The average molecular weight is 488 g/mol. The monoisotopic (exact) mass is 487 g/mol. The minimum Gasteiger partial charge on any atom is -0.467 e. The number of aromatic nitrogens is 2. The first-order valence-corrected chi connectivity index (χ1v) is 12.4. The number of methoxy groups -OCH3 is 1. The molecule has 2 aliphatic rings. The van der Waals surface area contributed by atoms with Crippen LogP contribution >= 0.6 is 0 Å². The molecule has 1 aliphatic heterocycles. The molecule has 3 amide bonds. The molecule has 4 atom stereocenters. The Hall–Kier alpha value is -3.04. The van der Waals surface area contributed by atoms with E-state index in [1.165, 1.54) is 38.5 Å². The van der Waals surface area contributed by atoms with Crippen molar-refractivity contribution in [1.82, 2.24) is 25.5 Å². The Bertz CT molecular complexity index is 918. The van der Waals surface area contributed by atoms with E-state index in [4.69, 9.17) is 4.74 Å². The Labute approximate surface area is 206 Å². The predicted molar refractivity (Wildman–Crippen MR) is 128 cm³/mol. The minimum atomic E-state index is -0.879. The maximum absolute atomic E-state index is 13.6. The summed E-state index contributed by atoms with van der Waals surface area (Å²) < 4.78 is 5.04. The van der Waals surface area contributed by atoms with E-state index in [-0.39, 0.29) is 29.4 Å². The molecule has 1 saturated carbocycles. The maximum Gasteiger partial charge on any atom is 0.328 e. The third kappa shape index (κ3) is 6.55. The smallest absolute Gasteiger partial charge is 0.328 e. The van der Waals surface area contributed by atoms with Gasteiger partial charge in [0.25, 0.3) is 5.91 Å². The second-order valence-corrected chi connectivity index (χ2v) is 10.2. The van der Waals surface area contributed by atoms with Crippen molar-refractivity contribution in [2.75, 3.05) is 13.7 Å². The van der Waals surface area contributed by atoms with E-state index >= 15 is 0 Å². The predicted octanol–water partition coefficient (Wildman–Crippen LogP) is 1.56. The fourth-order valence-corrected chi connectivity index (χ4v) is 4.67. The number of amides is 3. The van der Waals surface area contributed by atoms with Crippen LogP contribution in [0.25, 0.3) is 0 Å². The van der Waals surface area contributed by atoms with E-state index in [0.717, 1.165) is 12.8 Å².